The van der Waals surface area contributed by atoms with Crippen LogP contribution in [0.1, 0.15) is 29.7 Å². The van der Waals surface area contributed by atoms with Crippen LogP contribution in [0.4, 0.5) is 13.2 Å². The SMILES string of the molecule is C[C@H]1NCc2cc(C(F)(F)F)ccc21. The topological polar surface area (TPSA) is 12.0 Å². The molecule has 1 aliphatic rings. The van der Waals surface area contributed by atoms with Gasteiger partial charge in [0.2, 0.25) is 0 Å². The molecule has 1 heterocycles. The van der Waals surface area contributed by atoms with Gasteiger partial charge in [0.15, 0.2) is 0 Å². The van der Waals surface area contributed by atoms with Crippen LogP contribution in [0, 0.1) is 0 Å². The number of fused-ring (bicyclic) bond motifs is 1. The quantitative estimate of drug-likeness (QED) is 0.680. The summed E-state index contributed by atoms with van der Waals surface area (Å²) in [6, 6.07) is 4.09. The van der Waals surface area contributed by atoms with Crippen LogP contribution in [0.3, 0.4) is 0 Å². The zero-order valence-corrected chi connectivity index (χ0v) is 7.65. The molecule has 1 atom stereocenters. The molecule has 0 aromatic heterocycles. The summed E-state index contributed by atoms with van der Waals surface area (Å²) in [4.78, 5) is 0. The van der Waals surface area contributed by atoms with E-state index >= 15 is 0 Å². The molecule has 0 amide bonds. The number of rotatable bonds is 0. The van der Waals surface area contributed by atoms with Gasteiger partial charge in [-0.25, -0.2) is 0 Å². The lowest BCUT2D eigenvalue weighted by Gasteiger charge is -2.09. The van der Waals surface area contributed by atoms with E-state index in [1.54, 1.807) is 6.07 Å². The summed E-state index contributed by atoms with van der Waals surface area (Å²) < 4.78 is 37.0. The van der Waals surface area contributed by atoms with Crippen LogP contribution >= 0.6 is 0 Å². The van der Waals surface area contributed by atoms with Crippen molar-refractivity contribution < 1.29 is 13.2 Å². The van der Waals surface area contributed by atoms with Crippen molar-refractivity contribution >= 4 is 0 Å². The van der Waals surface area contributed by atoms with E-state index in [4.69, 9.17) is 0 Å². The largest absolute Gasteiger partial charge is 0.416 e. The van der Waals surface area contributed by atoms with Gasteiger partial charge in [0.25, 0.3) is 0 Å². The third kappa shape index (κ3) is 1.50. The summed E-state index contributed by atoms with van der Waals surface area (Å²) in [6.07, 6.45) is -4.24. The molecule has 0 saturated carbocycles. The Morgan fingerprint density at radius 2 is 2.07 bits per heavy atom. The summed E-state index contributed by atoms with van der Waals surface area (Å²) in [5, 5.41) is 3.10. The molecular formula is C10H10F3N. The van der Waals surface area contributed by atoms with Crippen molar-refractivity contribution in [2.75, 3.05) is 0 Å². The van der Waals surface area contributed by atoms with E-state index in [1.807, 2.05) is 6.92 Å². The Morgan fingerprint density at radius 1 is 1.36 bits per heavy atom. The third-order valence-corrected chi connectivity index (χ3v) is 2.54. The second-order valence-corrected chi connectivity index (χ2v) is 3.51. The first-order valence-electron chi connectivity index (χ1n) is 4.42. The molecule has 1 aliphatic heterocycles. The van der Waals surface area contributed by atoms with Crippen LogP contribution in [0.5, 0.6) is 0 Å². The number of benzene rings is 1. The monoisotopic (exact) mass is 201 g/mol. The molecule has 76 valence electrons. The van der Waals surface area contributed by atoms with Gasteiger partial charge in [-0.1, -0.05) is 6.07 Å². The van der Waals surface area contributed by atoms with E-state index in [0.29, 0.717) is 6.54 Å². The summed E-state index contributed by atoms with van der Waals surface area (Å²) in [5.41, 5.74) is 1.16. The fraction of sp³-hybridized carbons (Fsp3) is 0.400. The van der Waals surface area contributed by atoms with Crippen LogP contribution in [0.25, 0.3) is 0 Å². The minimum Gasteiger partial charge on any atom is -0.306 e. The summed E-state index contributed by atoms with van der Waals surface area (Å²) in [5.74, 6) is 0. The van der Waals surface area contributed by atoms with Crippen molar-refractivity contribution in [3.63, 3.8) is 0 Å². The molecule has 0 aliphatic carbocycles. The number of nitrogens with one attached hydrogen (secondary N) is 1. The van der Waals surface area contributed by atoms with Gasteiger partial charge in [-0.3, -0.25) is 0 Å². The average Bonchev–Trinajstić information content (AvgIpc) is 2.46. The summed E-state index contributed by atoms with van der Waals surface area (Å²) in [7, 11) is 0. The van der Waals surface area contributed by atoms with E-state index in [2.05, 4.69) is 5.32 Å². The van der Waals surface area contributed by atoms with Gasteiger partial charge in [0, 0.05) is 12.6 Å². The molecule has 0 bridgehead atoms. The van der Waals surface area contributed by atoms with Crippen LogP contribution in [0.15, 0.2) is 18.2 Å². The maximum atomic E-state index is 12.3. The first kappa shape index (κ1) is 9.52. The highest BCUT2D eigenvalue weighted by Crippen LogP contribution is 2.33. The van der Waals surface area contributed by atoms with Gasteiger partial charge in [0.1, 0.15) is 0 Å². The fourth-order valence-electron chi connectivity index (χ4n) is 1.73. The molecule has 1 aromatic carbocycles. The molecular weight excluding hydrogens is 191 g/mol. The summed E-state index contributed by atoms with van der Waals surface area (Å²) >= 11 is 0. The second-order valence-electron chi connectivity index (χ2n) is 3.51. The summed E-state index contributed by atoms with van der Waals surface area (Å²) in [6.45, 7) is 2.47. The second kappa shape index (κ2) is 2.98. The first-order valence-corrected chi connectivity index (χ1v) is 4.42. The van der Waals surface area contributed by atoms with Crippen molar-refractivity contribution in [2.45, 2.75) is 25.7 Å². The normalized spacial score (nSPS) is 21.0. The van der Waals surface area contributed by atoms with Crippen molar-refractivity contribution in [1.82, 2.24) is 5.32 Å². The Balaban J connectivity index is 2.42. The maximum Gasteiger partial charge on any atom is 0.416 e. The van der Waals surface area contributed by atoms with Gasteiger partial charge < -0.3 is 5.32 Å². The highest BCUT2D eigenvalue weighted by molar-refractivity contribution is 5.37. The average molecular weight is 201 g/mol. The maximum absolute atomic E-state index is 12.3. The van der Waals surface area contributed by atoms with E-state index in [1.165, 1.54) is 6.07 Å². The molecule has 1 N–H and O–H groups in total. The molecule has 0 spiro atoms. The van der Waals surface area contributed by atoms with Crippen LogP contribution in [0.2, 0.25) is 0 Å². The zero-order valence-electron chi connectivity index (χ0n) is 7.65. The Hall–Kier alpha value is -1.03. The molecule has 0 fully saturated rings. The predicted molar refractivity (Wildman–Crippen MR) is 46.7 cm³/mol. The lowest BCUT2D eigenvalue weighted by atomic mass is 10.0. The number of alkyl halides is 3. The fourth-order valence-corrected chi connectivity index (χ4v) is 1.73. The molecule has 0 radical (unpaired) electrons. The Bertz CT molecular complexity index is 357. The standard InChI is InChI=1S/C10H10F3N/c1-6-9-3-2-8(10(11,12)13)4-7(9)5-14-6/h2-4,6,14H,5H2,1H3/t6-/m1/s1. The van der Waals surface area contributed by atoms with Crippen molar-refractivity contribution in [3.05, 3.63) is 34.9 Å². The lowest BCUT2D eigenvalue weighted by Crippen LogP contribution is -2.06. The minimum atomic E-state index is -4.24. The third-order valence-electron chi connectivity index (χ3n) is 2.54. The van der Waals surface area contributed by atoms with Crippen molar-refractivity contribution in [3.8, 4) is 0 Å². The van der Waals surface area contributed by atoms with E-state index in [0.717, 1.165) is 17.2 Å². The predicted octanol–water partition coefficient (Wildman–Crippen LogP) is 2.87. The number of hydrogen-bond acceptors (Lipinski definition) is 1. The zero-order chi connectivity index (χ0) is 10.3. The van der Waals surface area contributed by atoms with Gasteiger partial charge in [-0.05, 0) is 30.2 Å². The van der Waals surface area contributed by atoms with Gasteiger partial charge in [-0.15, -0.1) is 0 Å². The molecule has 1 nitrogen and oxygen atoms in total. The highest BCUT2D eigenvalue weighted by atomic mass is 19.4. The van der Waals surface area contributed by atoms with Gasteiger partial charge >= 0.3 is 6.18 Å². The van der Waals surface area contributed by atoms with Gasteiger partial charge in [-0.2, -0.15) is 13.2 Å². The van der Waals surface area contributed by atoms with Crippen LogP contribution in [-0.4, -0.2) is 0 Å². The lowest BCUT2D eigenvalue weighted by molar-refractivity contribution is -0.137. The number of halogens is 3. The molecule has 4 heteroatoms. The molecule has 14 heavy (non-hydrogen) atoms. The van der Waals surface area contributed by atoms with Crippen molar-refractivity contribution in [2.24, 2.45) is 0 Å². The Morgan fingerprint density at radius 3 is 2.71 bits per heavy atom. The minimum absolute atomic E-state index is 0.160. The number of hydrogen-bond donors (Lipinski definition) is 1. The highest BCUT2D eigenvalue weighted by Gasteiger charge is 2.32. The Labute approximate surface area is 79.9 Å². The Kier molecular flexibility index (Phi) is 2.03. The van der Waals surface area contributed by atoms with Crippen molar-refractivity contribution in [1.29, 1.82) is 0 Å². The smallest absolute Gasteiger partial charge is 0.306 e. The van der Waals surface area contributed by atoms with E-state index in [9.17, 15) is 13.2 Å². The molecule has 0 unspecified atom stereocenters. The molecule has 1 aromatic rings. The van der Waals surface area contributed by atoms with E-state index < -0.39 is 11.7 Å². The first-order chi connectivity index (χ1) is 6.48. The van der Waals surface area contributed by atoms with E-state index in [-0.39, 0.29) is 6.04 Å². The van der Waals surface area contributed by atoms with Gasteiger partial charge in [0.05, 0.1) is 5.56 Å². The van der Waals surface area contributed by atoms with Crippen LogP contribution in [-0.2, 0) is 12.7 Å². The van der Waals surface area contributed by atoms with Crippen LogP contribution < -0.4 is 5.32 Å². The molecule has 0 saturated heterocycles. The molecule has 2 rings (SSSR count).